The second kappa shape index (κ2) is 5.65. The normalized spacial score (nSPS) is 15.6. The van der Waals surface area contributed by atoms with Gasteiger partial charge in [0.1, 0.15) is 4.71 Å². The van der Waals surface area contributed by atoms with Crippen LogP contribution in [-0.4, -0.2) is 9.29 Å². The molecular formula is C6H7Cl3S2. The molecule has 64 valence electrons. The average Bonchev–Trinajstić information content (AvgIpc) is 1.87. The Morgan fingerprint density at radius 1 is 1.27 bits per heavy atom. The first-order valence-corrected chi connectivity index (χ1v) is 5.26. The van der Waals surface area contributed by atoms with E-state index in [9.17, 15) is 0 Å². The van der Waals surface area contributed by atoms with Gasteiger partial charge < -0.3 is 0 Å². The molecule has 0 aliphatic rings. The predicted molar refractivity (Wildman–Crippen MR) is 60.0 cm³/mol. The minimum atomic E-state index is -0.380. The molecule has 0 amide bonds. The van der Waals surface area contributed by atoms with E-state index < -0.39 is 0 Å². The second-order valence-corrected chi connectivity index (χ2v) is 5.45. The maximum absolute atomic E-state index is 5.74. The van der Waals surface area contributed by atoms with Gasteiger partial charge in [0.15, 0.2) is 0 Å². The molecule has 0 spiro atoms. The van der Waals surface area contributed by atoms with Gasteiger partial charge in [0.2, 0.25) is 0 Å². The van der Waals surface area contributed by atoms with Crippen LogP contribution >= 0.6 is 59.2 Å². The Kier molecular flexibility index (Phi) is 6.19. The van der Waals surface area contributed by atoms with Crippen LogP contribution in [0.2, 0.25) is 0 Å². The van der Waals surface area contributed by atoms with Gasteiger partial charge in [-0.15, -0.1) is 23.4 Å². The highest BCUT2D eigenvalue weighted by atomic mass is 35.5. The molecule has 0 aliphatic carbocycles. The zero-order valence-electron chi connectivity index (χ0n) is 5.56. The lowest BCUT2D eigenvalue weighted by Gasteiger charge is -2.11. The Bertz CT molecular complexity index is 151. The van der Waals surface area contributed by atoms with Crippen molar-refractivity contribution in [3.8, 4) is 0 Å². The summed E-state index contributed by atoms with van der Waals surface area (Å²) in [5.74, 6) is 0. The molecule has 0 aromatic rings. The number of halogens is 3. The monoisotopic (exact) mass is 248 g/mol. The van der Waals surface area contributed by atoms with E-state index in [1.165, 1.54) is 11.8 Å². The van der Waals surface area contributed by atoms with Crippen LogP contribution in [0.3, 0.4) is 0 Å². The van der Waals surface area contributed by atoms with Crippen molar-refractivity contribution < 1.29 is 0 Å². The molecule has 11 heavy (non-hydrogen) atoms. The van der Waals surface area contributed by atoms with Crippen molar-refractivity contribution in [2.24, 2.45) is 0 Å². The van der Waals surface area contributed by atoms with Crippen molar-refractivity contribution in [1.29, 1.82) is 0 Å². The van der Waals surface area contributed by atoms with Crippen LogP contribution in [0.4, 0.5) is 0 Å². The van der Waals surface area contributed by atoms with Gasteiger partial charge in [-0.3, -0.25) is 0 Å². The van der Waals surface area contributed by atoms with Crippen LogP contribution in [0.15, 0.2) is 23.2 Å². The highest BCUT2D eigenvalue weighted by Crippen LogP contribution is 2.34. The summed E-state index contributed by atoms with van der Waals surface area (Å²) in [4.78, 5) is 0. The third-order valence-electron chi connectivity index (χ3n) is 0.763. The first-order chi connectivity index (χ1) is 4.95. The van der Waals surface area contributed by atoms with E-state index in [1.807, 2.05) is 0 Å². The lowest BCUT2D eigenvalue weighted by Crippen LogP contribution is -1.99. The Hall–Kier alpha value is 1.05. The summed E-state index contributed by atoms with van der Waals surface area (Å²) in [6, 6.07) is 0. The molecule has 0 rings (SSSR count). The van der Waals surface area contributed by atoms with Gasteiger partial charge in [-0.1, -0.05) is 36.4 Å². The van der Waals surface area contributed by atoms with Crippen LogP contribution in [0.1, 0.15) is 0 Å². The maximum Gasteiger partial charge on any atom is 0.115 e. The Morgan fingerprint density at radius 3 is 2.00 bits per heavy atom. The van der Waals surface area contributed by atoms with Gasteiger partial charge in [-0.05, 0) is 0 Å². The lowest BCUT2D eigenvalue weighted by atomic mass is 10.7. The molecule has 0 radical (unpaired) electrons. The van der Waals surface area contributed by atoms with Gasteiger partial charge in [-0.25, -0.2) is 0 Å². The van der Waals surface area contributed by atoms with Gasteiger partial charge in [-0.2, -0.15) is 12.6 Å². The Balaban J connectivity index is 3.84. The fraction of sp³-hybridized carbons (Fsp3) is 0.333. The first kappa shape index (κ1) is 12.0. The summed E-state index contributed by atoms with van der Waals surface area (Å²) in [6.45, 7) is 6.98. The molecule has 0 saturated carbocycles. The Labute approximate surface area is 91.4 Å². The topological polar surface area (TPSA) is 0 Å². The summed E-state index contributed by atoms with van der Waals surface area (Å²) < 4.78 is -0.593. The molecule has 0 saturated heterocycles. The van der Waals surface area contributed by atoms with Crippen LogP contribution in [0.5, 0.6) is 0 Å². The molecule has 0 heterocycles. The molecule has 0 bridgehead atoms. The molecule has 2 atom stereocenters. The highest BCUT2D eigenvalue weighted by molar-refractivity contribution is 8.12. The minimum absolute atomic E-state index is 0.213. The van der Waals surface area contributed by atoms with E-state index in [-0.39, 0.29) is 9.29 Å². The van der Waals surface area contributed by atoms with Gasteiger partial charge in [0.05, 0.1) is 4.58 Å². The van der Waals surface area contributed by atoms with E-state index in [2.05, 4.69) is 25.8 Å². The van der Waals surface area contributed by atoms with E-state index in [1.54, 1.807) is 0 Å². The number of hydrogen-bond donors (Lipinski definition) is 1. The van der Waals surface area contributed by atoms with Crippen LogP contribution < -0.4 is 0 Å². The summed E-state index contributed by atoms with van der Waals surface area (Å²) in [6.07, 6.45) is 0. The van der Waals surface area contributed by atoms with Crippen molar-refractivity contribution >= 4 is 59.2 Å². The average molecular weight is 250 g/mol. The van der Waals surface area contributed by atoms with Crippen molar-refractivity contribution in [3.63, 3.8) is 0 Å². The van der Waals surface area contributed by atoms with Gasteiger partial charge in [0.25, 0.3) is 0 Å². The fourth-order valence-electron chi connectivity index (χ4n) is 0.261. The lowest BCUT2D eigenvalue weighted by molar-refractivity contribution is 1.53. The minimum Gasteiger partial charge on any atom is -0.159 e. The van der Waals surface area contributed by atoms with Crippen molar-refractivity contribution in [2.45, 2.75) is 9.29 Å². The molecule has 5 heteroatoms. The standard InChI is InChI=1S/C6H7Cl3S2/c1-3(7)5(9)11-6(10)4(2)8/h5-6,10H,1-2H2. The van der Waals surface area contributed by atoms with Crippen LogP contribution in [-0.2, 0) is 0 Å². The molecule has 0 fully saturated rings. The molecule has 0 aromatic carbocycles. The number of rotatable bonds is 4. The molecule has 0 aliphatic heterocycles. The molecule has 0 N–H and O–H groups in total. The zero-order chi connectivity index (χ0) is 9.02. The smallest absolute Gasteiger partial charge is 0.115 e. The van der Waals surface area contributed by atoms with E-state index in [4.69, 9.17) is 34.8 Å². The largest absolute Gasteiger partial charge is 0.159 e. The number of thioether (sulfide) groups is 1. The van der Waals surface area contributed by atoms with E-state index in [0.29, 0.717) is 10.1 Å². The number of thiol groups is 1. The molecule has 0 nitrogen and oxygen atoms in total. The maximum atomic E-state index is 5.74. The summed E-state index contributed by atoms with van der Waals surface area (Å²) in [7, 11) is 0. The van der Waals surface area contributed by atoms with E-state index >= 15 is 0 Å². The zero-order valence-corrected chi connectivity index (χ0v) is 9.54. The van der Waals surface area contributed by atoms with Crippen LogP contribution in [0, 0.1) is 0 Å². The summed E-state index contributed by atoms with van der Waals surface area (Å²) >= 11 is 22.2. The first-order valence-electron chi connectivity index (χ1n) is 2.61. The van der Waals surface area contributed by atoms with Gasteiger partial charge >= 0.3 is 0 Å². The fourth-order valence-corrected chi connectivity index (χ4v) is 1.98. The SMILES string of the molecule is C=C(Cl)C(S)SC(Cl)C(=C)Cl. The third kappa shape index (κ3) is 5.31. The summed E-state index contributed by atoms with van der Waals surface area (Å²) in [5.41, 5.74) is 0. The summed E-state index contributed by atoms with van der Waals surface area (Å²) in [5, 5.41) is 0.801. The van der Waals surface area contributed by atoms with Crippen LogP contribution in [0.25, 0.3) is 0 Å². The Morgan fingerprint density at radius 2 is 1.73 bits per heavy atom. The second-order valence-electron chi connectivity index (χ2n) is 1.70. The quantitative estimate of drug-likeness (QED) is 0.446. The van der Waals surface area contributed by atoms with E-state index in [0.717, 1.165) is 0 Å². The van der Waals surface area contributed by atoms with Crippen molar-refractivity contribution in [3.05, 3.63) is 23.2 Å². The third-order valence-corrected chi connectivity index (χ3v) is 4.04. The molecule has 0 aromatic heterocycles. The van der Waals surface area contributed by atoms with Crippen molar-refractivity contribution in [2.75, 3.05) is 0 Å². The predicted octanol–water partition coefficient (Wildman–Crippen LogP) is 4.05. The van der Waals surface area contributed by atoms with Crippen molar-refractivity contribution in [1.82, 2.24) is 0 Å². The highest BCUT2D eigenvalue weighted by Gasteiger charge is 2.14. The number of alkyl halides is 1. The number of hydrogen-bond acceptors (Lipinski definition) is 2. The van der Waals surface area contributed by atoms with Gasteiger partial charge in [0, 0.05) is 10.1 Å². The molecule has 2 unspecified atom stereocenters. The molecular weight excluding hydrogens is 243 g/mol.